The topological polar surface area (TPSA) is 99.8 Å². The maximum atomic E-state index is 12.3. The number of rotatable bonds is 2. The van der Waals surface area contributed by atoms with E-state index in [-0.39, 0.29) is 0 Å². The lowest BCUT2D eigenvalue weighted by molar-refractivity contribution is -0.386. The molecule has 0 bridgehead atoms. The minimum atomic E-state index is -3.23. The zero-order valence-electron chi connectivity index (χ0n) is 7.03. The normalized spacial score (nSPS) is 10.0. The van der Waals surface area contributed by atoms with Gasteiger partial charge in [0, 0.05) is 0 Å². The summed E-state index contributed by atoms with van der Waals surface area (Å²) in [5.41, 5.74) is -4.29. The number of alkyl halides is 2. The summed E-state index contributed by atoms with van der Waals surface area (Å²) >= 11 is 0. The minimum absolute atomic E-state index is 0.618. The van der Waals surface area contributed by atoms with E-state index in [0.717, 1.165) is 0 Å². The SMILES string of the molecule is N#Cc1[nH]cc([N+](=O)[O-])c(=O)c1C(F)F. The van der Waals surface area contributed by atoms with Gasteiger partial charge in [-0.15, -0.1) is 0 Å². The molecule has 0 unspecified atom stereocenters. The summed E-state index contributed by atoms with van der Waals surface area (Å²) in [7, 11) is 0. The van der Waals surface area contributed by atoms with Gasteiger partial charge >= 0.3 is 5.69 Å². The Morgan fingerprint density at radius 2 is 2.20 bits per heavy atom. The fourth-order valence-corrected chi connectivity index (χ4v) is 0.972. The quantitative estimate of drug-likeness (QED) is 0.589. The molecule has 6 nitrogen and oxygen atoms in total. The molecule has 78 valence electrons. The van der Waals surface area contributed by atoms with Crippen LogP contribution < -0.4 is 5.43 Å². The van der Waals surface area contributed by atoms with Crippen LogP contribution in [0.1, 0.15) is 17.7 Å². The first-order chi connectivity index (χ1) is 6.99. The standard InChI is InChI=1S/C7H3F2N3O3/c8-7(9)5-3(1-10)11-2-4(6(5)13)12(14)15/h2,7H,(H,11,13). The minimum Gasteiger partial charge on any atom is -0.347 e. The number of hydrogen-bond acceptors (Lipinski definition) is 4. The van der Waals surface area contributed by atoms with Crippen molar-refractivity contribution in [2.24, 2.45) is 0 Å². The molecule has 1 aromatic heterocycles. The van der Waals surface area contributed by atoms with E-state index in [1.807, 2.05) is 4.98 Å². The summed E-state index contributed by atoms with van der Waals surface area (Å²) in [6.07, 6.45) is -2.62. The number of halogens is 2. The lowest BCUT2D eigenvalue weighted by atomic mass is 10.2. The van der Waals surface area contributed by atoms with Crippen molar-refractivity contribution in [1.82, 2.24) is 4.98 Å². The highest BCUT2D eigenvalue weighted by molar-refractivity contribution is 5.40. The van der Waals surface area contributed by atoms with Crippen LogP contribution >= 0.6 is 0 Å². The second-order valence-corrected chi connectivity index (χ2v) is 2.46. The Labute approximate surface area is 80.9 Å². The number of hydrogen-bond donors (Lipinski definition) is 1. The first kappa shape index (κ1) is 10.8. The van der Waals surface area contributed by atoms with Crippen LogP contribution in [0.2, 0.25) is 0 Å². The zero-order chi connectivity index (χ0) is 11.6. The van der Waals surface area contributed by atoms with Gasteiger partial charge in [-0.1, -0.05) is 0 Å². The van der Waals surface area contributed by atoms with Gasteiger partial charge in [0.25, 0.3) is 11.9 Å². The lowest BCUT2D eigenvalue weighted by Crippen LogP contribution is -2.16. The van der Waals surface area contributed by atoms with Crippen LogP contribution in [0.15, 0.2) is 11.0 Å². The fourth-order valence-electron chi connectivity index (χ4n) is 0.972. The van der Waals surface area contributed by atoms with Gasteiger partial charge in [-0.25, -0.2) is 8.78 Å². The largest absolute Gasteiger partial charge is 0.347 e. The lowest BCUT2D eigenvalue weighted by Gasteiger charge is -2.00. The van der Waals surface area contributed by atoms with Gasteiger partial charge < -0.3 is 4.98 Å². The monoisotopic (exact) mass is 215 g/mol. The van der Waals surface area contributed by atoms with Crippen LogP contribution in [0.4, 0.5) is 14.5 Å². The third-order valence-electron chi connectivity index (χ3n) is 1.63. The van der Waals surface area contributed by atoms with E-state index in [1.54, 1.807) is 0 Å². The van der Waals surface area contributed by atoms with E-state index < -0.39 is 33.7 Å². The van der Waals surface area contributed by atoms with Crippen LogP contribution in [0.25, 0.3) is 0 Å². The molecule has 1 heterocycles. The maximum absolute atomic E-state index is 12.3. The smallest absolute Gasteiger partial charge is 0.332 e. The van der Waals surface area contributed by atoms with E-state index in [9.17, 15) is 23.7 Å². The second kappa shape index (κ2) is 3.83. The predicted octanol–water partition coefficient (Wildman–Crippen LogP) is 1.09. The molecule has 0 radical (unpaired) electrons. The van der Waals surface area contributed by atoms with Crippen molar-refractivity contribution in [3.05, 3.63) is 37.8 Å². The molecule has 0 spiro atoms. The summed E-state index contributed by atoms with van der Waals surface area (Å²) in [4.78, 5) is 22.3. The number of H-pyrrole nitrogens is 1. The molecular formula is C7H3F2N3O3. The summed E-state index contributed by atoms with van der Waals surface area (Å²) < 4.78 is 24.7. The number of aromatic nitrogens is 1. The van der Waals surface area contributed by atoms with Crippen LogP contribution in [-0.2, 0) is 0 Å². The van der Waals surface area contributed by atoms with Crippen LogP contribution in [0.5, 0.6) is 0 Å². The van der Waals surface area contributed by atoms with E-state index in [4.69, 9.17) is 5.26 Å². The number of nitro groups is 1. The van der Waals surface area contributed by atoms with Crippen molar-refractivity contribution < 1.29 is 13.7 Å². The third kappa shape index (κ3) is 1.80. The molecule has 0 aliphatic carbocycles. The molecular weight excluding hydrogens is 212 g/mol. The molecule has 0 aliphatic rings. The molecule has 0 amide bonds. The predicted molar refractivity (Wildman–Crippen MR) is 43.4 cm³/mol. The highest BCUT2D eigenvalue weighted by Gasteiger charge is 2.25. The Balaban J connectivity index is 3.59. The number of nitrogens with one attached hydrogen (secondary N) is 1. The Hall–Kier alpha value is -2.30. The van der Waals surface area contributed by atoms with Gasteiger partial charge in [0.1, 0.15) is 17.3 Å². The Kier molecular flexibility index (Phi) is 2.75. The Morgan fingerprint density at radius 1 is 1.60 bits per heavy atom. The molecule has 1 aromatic rings. The fraction of sp³-hybridized carbons (Fsp3) is 0.143. The van der Waals surface area contributed by atoms with Gasteiger partial charge in [-0.05, 0) is 0 Å². The zero-order valence-corrected chi connectivity index (χ0v) is 7.03. The van der Waals surface area contributed by atoms with Crippen molar-refractivity contribution in [1.29, 1.82) is 5.26 Å². The van der Waals surface area contributed by atoms with E-state index in [1.165, 1.54) is 6.07 Å². The van der Waals surface area contributed by atoms with Gasteiger partial charge in [0.2, 0.25) is 0 Å². The van der Waals surface area contributed by atoms with E-state index in [0.29, 0.717) is 6.20 Å². The number of nitriles is 1. The van der Waals surface area contributed by atoms with Gasteiger partial charge in [0.15, 0.2) is 0 Å². The highest BCUT2D eigenvalue weighted by Crippen LogP contribution is 2.19. The molecule has 0 fully saturated rings. The molecule has 1 rings (SSSR count). The maximum Gasteiger partial charge on any atom is 0.332 e. The molecule has 8 heteroatoms. The van der Waals surface area contributed by atoms with Crippen molar-refractivity contribution >= 4 is 5.69 Å². The highest BCUT2D eigenvalue weighted by atomic mass is 19.3. The number of nitrogens with zero attached hydrogens (tertiary/aromatic N) is 2. The van der Waals surface area contributed by atoms with Crippen molar-refractivity contribution in [2.75, 3.05) is 0 Å². The summed E-state index contributed by atoms with van der Waals surface area (Å²) in [5, 5.41) is 18.7. The van der Waals surface area contributed by atoms with Gasteiger partial charge in [-0.2, -0.15) is 5.26 Å². The molecule has 0 aliphatic heterocycles. The first-order valence-corrected chi connectivity index (χ1v) is 3.57. The van der Waals surface area contributed by atoms with E-state index >= 15 is 0 Å². The van der Waals surface area contributed by atoms with Crippen molar-refractivity contribution in [3.8, 4) is 6.07 Å². The summed E-state index contributed by atoms with van der Waals surface area (Å²) in [6, 6.07) is 1.33. The molecule has 0 atom stereocenters. The van der Waals surface area contributed by atoms with E-state index in [2.05, 4.69) is 0 Å². The molecule has 0 saturated carbocycles. The van der Waals surface area contributed by atoms with Gasteiger partial charge in [0.05, 0.1) is 11.1 Å². The summed E-state index contributed by atoms with van der Waals surface area (Å²) in [6.45, 7) is 0. The molecule has 15 heavy (non-hydrogen) atoms. The van der Waals surface area contributed by atoms with Crippen molar-refractivity contribution in [3.63, 3.8) is 0 Å². The molecule has 0 aromatic carbocycles. The Bertz CT molecular complexity index is 503. The third-order valence-corrected chi connectivity index (χ3v) is 1.63. The average Bonchev–Trinajstić information content (AvgIpc) is 2.15. The Morgan fingerprint density at radius 3 is 2.60 bits per heavy atom. The average molecular weight is 215 g/mol. The molecule has 0 saturated heterocycles. The van der Waals surface area contributed by atoms with Crippen LogP contribution in [-0.4, -0.2) is 9.91 Å². The van der Waals surface area contributed by atoms with Crippen molar-refractivity contribution in [2.45, 2.75) is 6.43 Å². The van der Waals surface area contributed by atoms with Crippen LogP contribution in [0, 0.1) is 21.4 Å². The number of aromatic amines is 1. The summed E-state index contributed by atoms with van der Waals surface area (Å²) in [5.74, 6) is 0. The first-order valence-electron chi connectivity index (χ1n) is 3.57. The van der Waals surface area contributed by atoms with Gasteiger partial charge in [-0.3, -0.25) is 14.9 Å². The second-order valence-electron chi connectivity index (χ2n) is 2.46. The molecule has 1 N–H and O–H groups in total. The number of pyridine rings is 1. The van der Waals surface area contributed by atoms with Crippen LogP contribution in [0.3, 0.4) is 0 Å².